The van der Waals surface area contributed by atoms with Gasteiger partial charge in [-0.15, -0.1) is 11.8 Å². The second-order valence-corrected chi connectivity index (χ2v) is 6.62. The normalized spacial score (nSPS) is 17.8. The van der Waals surface area contributed by atoms with Gasteiger partial charge in [-0.3, -0.25) is 14.6 Å². The molecule has 0 unspecified atom stereocenters. The Kier molecular flexibility index (Phi) is 4.62. The van der Waals surface area contributed by atoms with Crippen LogP contribution < -0.4 is 10.6 Å². The van der Waals surface area contributed by atoms with Crippen LogP contribution in [0.15, 0.2) is 53.7 Å². The number of nitrogens with one attached hydrogen (secondary N) is 2. The molecule has 2 atom stereocenters. The van der Waals surface area contributed by atoms with Crippen LogP contribution in [0.5, 0.6) is 0 Å². The lowest BCUT2D eigenvalue weighted by molar-refractivity contribution is -0.124. The molecule has 118 valence electrons. The van der Waals surface area contributed by atoms with Crippen molar-refractivity contribution in [2.24, 2.45) is 0 Å². The molecule has 1 aromatic carbocycles. The Labute approximate surface area is 138 Å². The van der Waals surface area contributed by atoms with Gasteiger partial charge in [0.05, 0.1) is 17.0 Å². The summed E-state index contributed by atoms with van der Waals surface area (Å²) in [5.74, 6) is -0.272. The minimum Gasteiger partial charge on any atom is -0.349 e. The summed E-state index contributed by atoms with van der Waals surface area (Å²) < 4.78 is 0. The van der Waals surface area contributed by atoms with Crippen molar-refractivity contribution < 1.29 is 9.59 Å². The van der Waals surface area contributed by atoms with Crippen molar-refractivity contribution in [2.75, 3.05) is 5.32 Å². The molecule has 0 bridgehead atoms. The van der Waals surface area contributed by atoms with Crippen LogP contribution in [0.25, 0.3) is 0 Å². The van der Waals surface area contributed by atoms with Crippen LogP contribution >= 0.6 is 11.8 Å². The summed E-state index contributed by atoms with van der Waals surface area (Å²) in [6, 6.07) is 11.2. The molecule has 2 amide bonds. The number of anilines is 1. The van der Waals surface area contributed by atoms with E-state index in [1.165, 1.54) is 11.8 Å². The number of nitrogens with zero attached hydrogens (tertiary/aromatic N) is 1. The number of amides is 2. The van der Waals surface area contributed by atoms with Crippen LogP contribution in [-0.4, -0.2) is 22.0 Å². The second-order valence-electron chi connectivity index (χ2n) is 5.37. The lowest BCUT2D eigenvalue weighted by Crippen LogP contribution is -2.35. The van der Waals surface area contributed by atoms with Gasteiger partial charge in [0.1, 0.15) is 0 Å². The number of carbonyl (C=O) groups is 2. The van der Waals surface area contributed by atoms with Crippen molar-refractivity contribution in [1.82, 2.24) is 10.3 Å². The summed E-state index contributed by atoms with van der Waals surface area (Å²) in [4.78, 5) is 29.4. The number of hydrogen-bond donors (Lipinski definition) is 2. The molecule has 3 rings (SSSR count). The summed E-state index contributed by atoms with van der Waals surface area (Å²) in [6.45, 7) is 1.90. The standard InChI is InChI=1S/C17H17N3O2S/c1-11(12-5-4-8-18-10-12)19-16(21)9-15-17(22)20-13-6-2-3-7-14(13)23-15/h2-8,10-11,15H,9H2,1H3,(H,19,21)(H,20,22)/t11-,15+/m0/s1. The lowest BCUT2D eigenvalue weighted by Gasteiger charge is -2.24. The molecule has 0 fully saturated rings. The summed E-state index contributed by atoms with van der Waals surface area (Å²) in [5.41, 5.74) is 1.75. The molecule has 2 N–H and O–H groups in total. The fraction of sp³-hybridized carbons (Fsp3) is 0.235. The van der Waals surface area contributed by atoms with Gasteiger partial charge in [-0.25, -0.2) is 0 Å². The average Bonchev–Trinajstić information content (AvgIpc) is 2.56. The van der Waals surface area contributed by atoms with Crippen molar-refractivity contribution in [2.45, 2.75) is 29.5 Å². The third-order valence-electron chi connectivity index (χ3n) is 3.64. The molecule has 2 aromatic rings. The molecule has 1 aliphatic rings. The highest BCUT2D eigenvalue weighted by Gasteiger charge is 2.29. The Morgan fingerprint density at radius 3 is 2.96 bits per heavy atom. The van der Waals surface area contributed by atoms with Gasteiger partial charge in [-0.05, 0) is 30.7 Å². The van der Waals surface area contributed by atoms with Gasteiger partial charge in [0, 0.05) is 23.7 Å². The molecule has 0 aliphatic carbocycles. The zero-order chi connectivity index (χ0) is 16.2. The van der Waals surface area contributed by atoms with Crippen molar-refractivity contribution >= 4 is 29.3 Å². The Morgan fingerprint density at radius 2 is 2.17 bits per heavy atom. The fourth-order valence-corrected chi connectivity index (χ4v) is 3.52. The van der Waals surface area contributed by atoms with Crippen LogP contribution in [0, 0.1) is 0 Å². The molecular formula is C17H17N3O2S. The van der Waals surface area contributed by atoms with Gasteiger partial charge in [0.25, 0.3) is 0 Å². The van der Waals surface area contributed by atoms with Gasteiger partial charge in [0.15, 0.2) is 0 Å². The van der Waals surface area contributed by atoms with E-state index in [1.807, 2.05) is 43.3 Å². The first-order chi connectivity index (χ1) is 11.1. The number of para-hydroxylation sites is 1. The second kappa shape index (κ2) is 6.83. The Bertz CT molecular complexity index is 721. The molecule has 0 spiro atoms. The number of aromatic nitrogens is 1. The Balaban J connectivity index is 1.61. The number of carbonyl (C=O) groups excluding carboxylic acids is 2. The molecule has 2 heterocycles. The molecule has 0 radical (unpaired) electrons. The maximum Gasteiger partial charge on any atom is 0.238 e. The highest BCUT2D eigenvalue weighted by Crippen LogP contribution is 2.36. The van der Waals surface area contributed by atoms with Gasteiger partial charge < -0.3 is 10.6 Å². The highest BCUT2D eigenvalue weighted by molar-refractivity contribution is 8.01. The van der Waals surface area contributed by atoms with Crippen molar-refractivity contribution in [1.29, 1.82) is 0 Å². The third kappa shape index (κ3) is 3.71. The Hall–Kier alpha value is -2.34. The zero-order valence-electron chi connectivity index (χ0n) is 12.7. The molecule has 1 aromatic heterocycles. The van der Waals surface area contributed by atoms with E-state index in [2.05, 4.69) is 15.6 Å². The molecule has 5 nitrogen and oxygen atoms in total. The van der Waals surface area contributed by atoms with Crippen molar-refractivity contribution in [3.8, 4) is 0 Å². The quantitative estimate of drug-likeness (QED) is 0.906. The molecule has 1 aliphatic heterocycles. The summed E-state index contributed by atoms with van der Waals surface area (Å²) >= 11 is 1.43. The lowest BCUT2D eigenvalue weighted by atomic mass is 10.1. The first-order valence-corrected chi connectivity index (χ1v) is 8.27. The van der Waals surface area contributed by atoms with E-state index in [9.17, 15) is 9.59 Å². The van der Waals surface area contributed by atoms with E-state index < -0.39 is 5.25 Å². The van der Waals surface area contributed by atoms with Crippen LogP contribution in [0.3, 0.4) is 0 Å². The number of fused-ring (bicyclic) bond motifs is 1. The first-order valence-electron chi connectivity index (χ1n) is 7.39. The van der Waals surface area contributed by atoms with E-state index in [4.69, 9.17) is 0 Å². The highest BCUT2D eigenvalue weighted by atomic mass is 32.2. The number of benzene rings is 1. The Morgan fingerprint density at radius 1 is 1.35 bits per heavy atom. The topological polar surface area (TPSA) is 71.1 Å². The summed E-state index contributed by atoms with van der Waals surface area (Å²) in [6.07, 6.45) is 3.57. The van der Waals surface area contributed by atoms with Gasteiger partial charge in [0.2, 0.25) is 11.8 Å². The smallest absolute Gasteiger partial charge is 0.238 e. The first kappa shape index (κ1) is 15.6. The number of thioether (sulfide) groups is 1. The summed E-state index contributed by atoms with van der Waals surface area (Å²) in [5, 5.41) is 5.36. The van der Waals surface area contributed by atoms with Gasteiger partial charge in [-0.1, -0.05) is 18.2 Å². The van der Waals surface area contributed by atoms with Crippen LogP contribution in [0.1, 0.15) is 24.9 Å². The van der Waals surface area contributed by atoms with E-state index in [0.717, 1.165) is 16.1 Å². The van der Waals surface area contributed by atoms with E-state index >= 15 is 0 Å². The molecule has 0 saturated carbocycles. The number of rotatable bonds is 4. The van der Waals surface area contributed by atoms with Crippen LogP contribution in [-0.2, 0) is 9.59 Å². The number of hydrogen-bond acceptors (Lipinski definition) is 4. The maximum absolute atomic E-state index is 12.2. The summed E-state index contributed by atoms with van der Waals surface area (Å²) in [7, 11) is 0. The van der Waals surface area contributed by atoms with E-state index in [1.54, 1.807) is 12.4 Å². The average molecular weight is 327 g/mol. The third-order valence-corrected chi connectivity index (χ3v) is 4.91. The molecule has 0 saturated heterocycles. The molecular weight excluding hydrogens is 310 g/mol. The minimum absolute atomic E-state index is 0.127. The minimum atomic E-state index is -0.411. The molecule has 6 heteroatoms. The van der Waals surface area contributed by atoms with Gasteiger partial charge >= 0.3 is 0 Å². The van der Waals surface area contributed by atoms with Crippen molar-refractivity contribution in [3.05, 3.63) is 54.4 Å². The molecule has 23 heavy (non-hydrogen) atoms. The monoisotopic (exact) mass is 327 g/mol. The largest absolute Gasteiger partial charge is 0.349 e. The van der Waals surface area contributed by atoms with Crippen molar-refractivity contribution in [3.63, 3.8) is 0 Å². The van der Waals surface area contributed by atoms with Gasteiger partial charge in [-0.2, -0.15) is 0 Å². The van der Waals surface area contributed by atoms with Crippen LogP contribution in [0.2, 0.25) is 0 Å². The van der Waals surface area contributed by atoms with E-state index in [-0.39, 0.29) is 24.3 Å². The van der Waals surface area contributed by atoms with E-state index in [0.29, 0.717) is 0 Å². The van der Waals surface area contributed by atoms with Crippen LogP contribution in [0.4, 0.5) is 5.69 Å². The zero-order valence-corrected chi connectivity index (χ0v) is 13.5. The number of pyridine rings is 1. The maximum atomic E-state index is 12.2. The predicted molar refractivity (Wildman–Crippen MR) is 90.1 cm³/mol. The predicted octanol–water partition coefficient (Wildman–Crippen LogP) is 2.76. The fourth-order valence-electron chi connectivity index (χ4n) is 2.41. The SMILES string of the molecule is C[C@H](NC(=O)C[C@H]1Sc2ccccc2NC1=O)c1cccnc1.